The van der Waals surface area contributed by atoms with Gasteiger partial charge >= 0.3 is 0 Å². The molecular formula is C10H16N2O. The van der Waals surface area contributed by atoms with Crippen LogP contribution in [0.25, 0.3) is 0 Å². The van der Waals surface area contributed by atoms with Crippen molar-refractivity contribution >= 4 is 0 Å². The Kier molecular flexibility index (Phi) is 2.12. The number of rotatable bonds is 1. The first-order valence-corrected chi connectivity index (χ1v) is 4.86. The van der Waals surface area contributed by atoms with Crippen LogP contribution in [0.15, 0.2) is 6.20 Å². The molecule has 1 fully saturated rings. The Bertz CT molecular complexity index is 306. The normalized spacial score (nSPS) is 28.2. The minimum Gasteiger partial charge on any atom is -0.392 e. The highest BCUT2D eigenvalue weighted by molar-refractivity contribution is 5.23. The molecule has 1 aliphatic rings. The van der Waals surface area contributed by atoms with Gasteiger partial charge in [0, 0.05) is 19.2 Å². The van der Waals surface area contributed by atoms with Gasteiger partial charge in [-0.1, -0.05) is 6.42 Å². The van der Waals surface area contributed by atoms with E-state index in [2.05, 4.69) is 5.10 Å². The predicted molar refractivity (Wildman–Crippen MR) is 50.5 cm³/mol. The highest BCUT2D eigenvalue weighted by atomic mass is 16.3. The zero-order chi connectivity index (χ0) is 9.42. The van der Waals surface area contributed by atoms with Crippen molar-refractivity contribution < 1.29 is 5.11 Å². The molecule has 1 aromatic rings. The maximum Gasteiger partial charge on any atom is 0.0629 e. The van der Waals surface area contributed by atoms with Crippen molar-refractivity contribution in [2.24, 2.45) is 7.05 Å². The Hall–Kier alpha value is -0.830. The fraction of sp³-hybridized carbons (Fsp3) is 0.700. The molecule has 3 nitrogen and oxygen atoms in total. The summed E-state index contributed by atoms with van der Waals surface area (Å²) in [7, 11) is 1.93. The molecule has 0 spiro atoms. The minimum atomic E-state index is -0.150. The second-order valence-corrected chi connectivity index (χ2v) is 3.95. The predicted octanol–water partition coefficient (Wildman–Crippen LogP) is 1.36. The first kappa shape index (κ1) is 8.75. The van der Waals surface area contributed by atoms with Gasteiger partial charge in [0.15, 0.2) is 0 Å². The van der Waals surface area contributed by atoms with Gasteiger partial charge in [-0.15, -0.1) is 0 Å². The van der Waals surface area contributed by atoms with Crippen molar-refractivity contribution in [1.82, 2.24) is 9.78 Å². The van der Waals surface area contributed by atoms with Crippen LogP contribution in [0.2, 0.25) is 0 Å². The molecule has 2 rings (SSSR count). The number of hydrogen-bond acceptors (Lipinski definition) is 2. The highest BCUT2D eigenvalue weighted by Crippen LogP contribution is 2.35. The molecule has 0 amide bonds. The molecule has 1 aromatic heterocycles. The van der Waals surface area contributed by atoms with Gasteiger partial charge in [0.25, 0.3) is 0 Å². The first-order chi connectivity index (χ1) is 6.18. The molecule has 1 heterocycles. The highest BCUT2D eigenvalue weighted by Gasteiger charge is 2.28. The van der Waals surface area contributed by atoms with Crippen molar-refractivity contribution in [3.63, 3.8) is 0 Å². The molecule has 1 saturated carbocycles. The van der Waals surface area contributed by atoms with Crippen LogP contribution in [-0.4, -0.2) is 21.0 Å². The lowest BCUT2D eigenvalue weighted by atomic mass is 9.97. The lowest BCUT2D eigenvalue weighted by molar-refractivity contribution is 0.163. The number of nitrogens with zero attached hydrogens (tertiary/aromatic N) is 2. The number of aromatic nitrogens is 2. The molecule has 72 valence electrons. The number of hydrogen-bond donors (Lipinski definition) is 1. The van der Waals surface area contributed by atoms with E-state index >= 15 is 0 Å². The summed E-state index contributed by atoms with van der Waals surface area (Å²) < 4.78 is 1.83. The summed E-state index contributed by atoms with van der Waals surface area (Å²) in [5.74, 6) is 0.327. The van der Waals surface area contributed by atoms with Crippen molar-refractivity contribution in [2.75, 3.05) is 0 Å². The molecule has 0 aromatic carbocycles. The molecule has 2 atom stereocenters. The molecule has 0 radical (unpaired) electrons. The maximum absolute atomic E-state index is 9.74. The summed E-state index contributed by atoms with van der Waals surface area (Å²) in [4.78, 5) is 0. The van der Waals surface area contributed by atoms with Crippen LogP contribution in [0.3, 0.4) is 0 Å². The van der Waals surface area contributed by atoms with Gasteiger partial charge in [-0.2, -0.15) is 5.10 Å². The quantitative estimate of drug-likeness (QED) is 0.708. The Morgan fingerprint density at radius 3 is 2.77 bits per heavy atom. The average Bonchev–Trinajstić information content (AvgIpc) is 2.58. The second kappa shape index (κ2) is 3.14. The SMILES string of the molecule is Cc1nn(C)cc1[C@@H]1CCC[C@H]1O. The average molecular weight is 180 g/mol. The summed E-state index contributed by atoms with van der Waals surface area (Å²) in [5, 5.41) is 14.0. The minimum absolute atomic E-state index is 0.150. The number of aryl methyl sites for hydroxylation is 2. The monoisotopic (exact) mass is 180 g/mol. The summed E-state index contributed by atoms with van der Waals surface area (Å²) in [6.07, 6.45) is 5.07. The molecule has 0 saturated heterocycles. The molecule has 0 unspecified atom stereocenters. The van der Waals surface area contributed by atoms with Crippen molar-refractivity contribution in [1.29, 1.82) is 0 Å². The third-order valence-electron chi connectivity index (χ3n) is 2.93. The van der Waals surface area contributed by atoms with E-state index < -0.39 is 0 Å². The Balaban J connectivity index is 2.28. The summed E-state index contributed by atoms with van der Waals surface area (Å²) in [6.45, 7) is 2.01. The van der Waals surface area contributed by atoms with Crippen molar-refractivity contribution in [3.8, 4) is 0 Å². The molecular weight excluding hydrogens is 164 g/mol. The topological polar surface area (TPSA) is 38.0 Å². The van der Waals surface area contributed by atoms with Crippen LogP contribution in [-0.2, 0) is 7.05 Å². The van der Waals surface area contributed by atoms with Gasteiger partial charge < -0.3 is 5.11 Å². The van der Waals surface area contributed by atoms with Crippen LogP contribution in [0, 0.1) is 6.92 Å². The smallest absolute Gasteiger partial charge is 0.0629 e. The zero-order valence-electron chi connectivity index (χ0n) is 8.20. The van der Waals surface area contributed by atoms with Gasteiger partial charge in [0.2, 0.25) is 0 Å². The standard InChI is InChI=1S/C10H16N2O/c1-7-9(6-12(2)11-7)8-4-3-5-10(8)13/h6,8,10,13H,3-5H2,1-2H3/t8-,10+/m0/s1. The first-order valence-electron chi connectivity index (χ1n) is 4.86. The van der Waals surface area contributed by atoms with E-state index in [1.807, 2.05) is 24.9 Å². The van der Waals surface area contributed by atoms with Crippen LogP contribution in [0.4, 0.5) is 0 Å². The molecule has 0 bridgehead atoms. The van der Waals surface area contributed by atoms with Gasteiger partial charge in [0.05, 0.1) is 11.8 Å². The molecule has 3 heteroatoms. The third kappa shape index (κ3) is 1.48. The fourth-order valence-electron chi connectivity index (χ4n) is 2.29. The van der Waals surface area contributed by atoms with Crippen LogP contribution in [0.1, 0.15) is 36.4 Å². The summed E-state index contributed by atoms with van der Waals surface area (Å²) in [6, 6.07) is 0. The summed E-state index contributed by atoms with van der Waals surface area (Å²) in [5.41, 5.74) is 2.29. The van der Waals surface area contributed by atoms with Crippen LogP contribution in [0.5, 0.6) is 0 Å². The van der Waals surface area contributed by atoms with E-state index in [1.54, 1.807) is 0 Å². The van der Waals surface area contributed by atoms with E-state index in [4.69, 9.17) is 0 Å². The van der Waals surface area contributed by atoms with E-state index in [0.717, 1.165) is 25.0 Å². The Labute approximate surface area is 78.4 Å². The van der Waals surface area contributed by atoms with Crippen LogP contribution < -0.4 is 0 Å². The van der Waals surface area contributed by atoms with Gasteiger partial charge in [-0.25, -0.2) is 0 Å². The van der Waals surface area contributed by atoms with Crippen molar-refractivity contribution in [2.45, 2.75) is 38.2 Å². The van der Waals surface area contributed by atoms with E-state index in [0.29, 0.717) is 5.92 Å². The van der Waals surface area contributed by atoms with Crippen LogP contribution >= 0.6 is 0 Å². The molecule has 1 aliphatic carbocycles. The van der Waals surface area contributed by atoms with E-state index in [1.165, 1.54) is 5.56 Å². The molecule has 1 N–H and O–H groups in total. The maximum atomic E-state index is 9.74. The molecule has 0 aliphatic heterocycles. The Morgan fingerprint density at radius 2 is 2.31 bits per heavy atom. The molecule has 13 heavy (non-hydrogen) atoms. The Morgan fingerprint density at radius 1 is 1.54 bits per heavy atom. The lowest BCUT2D eigenvalue weighted by Crippen LogP contribution is -2.11. The van der Waals surface area contributed by atoms with Gasteiger partial charge in [0.1, 0.15) is 0 Å². The summed E-state index contributed by atoms with van der Waals surface area (Å²) >= 11 is 0. The second-order valence-electron chi connectivity index (χ2n) is 3.95. The largest absolute Gasteiger partial charge is 0.392 e. The van der Waals surface area contributed by atoms with Gasteiger partial charge in [-0.05, 0) is 25.3 Å². The number of aliphatic hydroxyl groups excluding tert-OH is 1. The van der Waals surface area contributed by atoms with Crippen molar-refractivity contribution in [3.05, 3.63) is 17.5 Å². The number of aliphatic hydroxyl groups is 1. The van der Waals surface area contributed by atoms with E-state index in [9.17, 15) is 5.11 Å². The zero-order valence-corrected chi connectivity index (χ0v) is 8.20. The van der Waals surface area contributed by atoms with Gasteiger partial charge in [-0.3, -0.25) is 4.68 Å². The lowest BCUT2D eigenvalue weighted by Gasteiger charge is -2.12. The van der Waals surface area contributed by atoms with E-state index in [-0.39, 0.29) is 6.10 Å². The third-order valence-corrected chi connectivity index (χ3v) is 2.93. The fourth-order valence-corrected chi connectivity index (χ4v) is 2.29.